The van der Waals surface area contributed by atoms with E-state index in [1.807, 2.05) is 0 Å². The summed E-state index contributed by atoms with van der Waals surface area (Å²) in [6.07, 6.45) is 1.72. The third-order valence-electron chi connectivity index (χ3n) is 9.08. The van der Waals surface area contributed by atoms with E-state index in [0.717, 1.165) is 28.0 Å². The van der Waals surface area contributed by atoms with E-state index in [-0.39, 0.29) is 55.1 Å². The van der Waals surface area contributed by atoms with Gasteiger partial charge in [-0.2, -0.15) is 4.57 Å². The molecule has 3 N–H and O–H groups in total. The van der Waals surface area contributed by atoms with Crippen LogP contribution in [0.5, 0.6) is 0 Å². The van der Waals surface area contributed by atoms with E-state index in [1.165, 1.54) is 53.5 Å². The number of anilines is 1. The summed E-state index contributed by atoms with van der Waals surface area (Å²) in [6.45, 7) is 7.30. The third kappa shape index (κ3) is 11.6. The first kappa shape index (κ1) is 47.1. The van der Waals surface area contributed by atoms with Gasteiger partial charge >= 0.3 is 18.2 Å². The number of nitrogens with two attached hydrogens (primary N) is 1. The van der Waals surface area contributed by atoms with Gasteiger partial charge < -0.3 is 53.9 Å². The molecule has 2 aromatic carbocycles. The quantitative estimate of drug-likeness (QED) is 0.0719. The number of aromatic nitrogens is 5. The average Bonchev–Trinajstić information content (AvgIpc) is 3.87. The molecule has 0 fully saturated rings. The van der Waals surface area contributed by atoms with Crippen LogP contribution in [0, 0.1) is 11.6 Å². The van der Waals surface area contributed by atoms with Gasteiger partial charge in [0.25, 0.3) is 6.33 Å². The molecule has 5 aromatic rings. The highest BCUT2D eigenvalue weighted by molar-refractivity contribution is 7.10. The first-order chi connectivity index (χ1) is 27.7. The van der Waals surface area contributed by atoms with Gasteiger partial charge in [-0.25, -0.2) is 28.3 Å². The van der Waals surface area contributed by atoms with Crippen molar-refractivity contribution in [1.29, 1.82) is 0 Å². The van der Waals surface area contributed by atoms with Crippen molar-refractivity contribution in [3.05, 3.63) is 112 Å². The molecule has 5 rings (SSSR count). The molecule has 3 heterocycles. The second-order valence-electron chi connectivity index (χ2n) is 14.7. The zero-order valence-corrected chi connectivity index (χ0v) is 36.8. The number of hydrogen-bond donors (Lipinski definition) is 2. The summed E-state index contributed by atoms with van der Waals surface area (Å²) >= 11 is 1.21. The number of thiazole rings is 1. The van der Waals surface area contributed by atoms with Crippen molar-refractivity contribution >= 4 is 41.2 Å². The number of esters is 1. The smallest absolute Gasteiger partial charge is 0.418 e. The molecule has 20 heteroatoms. The highest BCUT2D eigenvalue weighted by atomic mass is 127. The highest BCUT2D eigenvalue weighted by Gasteiger charge is 2.43. The number of carbonyl (C=O) groups excluding carboxylic acids is 4. The predicted molar refractivity (Wildman–Crippen MR) is 210 cm³/mol. The van der Waals surface area contributed by atoms with E-state index in [0.29, 0.717) is 27.4 Å². The van der Waals surface area contributed by atoms with Crippen molar-refractivity contribution in [2.45, 2.75) is 71.1 Å². The number of primary amides is 1. The van der Waals surface area contributed by atoms with Crippen LogP contribution in [0.1, 0.15) is 73.3 Å². The highest BCUT2D eigenvalue weighted by Crippen LogP contribution is 2.41. The lowest BCUT2D eigenvalue weighted by Crippen LogP contribution is -3.00. The summed E-state index contributed by atoms with van der Waals surface area (Å²) in [6, 6.07) is 12.5. The van der Waals surface area contributed by atoms with Crippen LogP contribution in [0.2, 0.25) is 0 Å². The van der Waals surface area contributed by atoms with E-state index in [4.69, 9.17) is 19.9 Å². The maximum absolute atomic E-state index is 15.4. The standard InChI is InChI=1S/C40H44F2N8O8S.HI/c1-24(36-46-32(20-59-36)26-10-12-27(13-11-26)34(43)52)40(55,30-17-29(41)14-15-31(30)42)21-50-23-49(22-45-50)25(2)57-38(54)48(7)35-28(9-8-16-44-35)19-56-33(51)18-47(6)37(53)58-39(3,4)5;/h8-17,20,22-25,55H,18-19,21H2,1-7H3,(H-,43,52);1H/t24-,25?,40?;/m0./s1. The number of carbonyl (C=O) groups is 4. The second-order valence-corrected chi connectivity index (χ2v) is 15.6. The monoisotopic (exact) mass is 962 g/mol. The molecule has 0 aliphatic carbocycles. The number of benzene rings is 2. The third-order valence-corrected chi connectivity index (χ3v) is 10.1. The molecule has 0 saturated carbocycles. The lowest BCUT2D eigenvalue weighted by Gasteiger charge is -2.32. The summed E-state index contributed by atoms with van der Waals surface area (Å²) in [5.74, 6) is -3.66. The summed E-state index contributed by atoms with van der Waals surface area (Å²) < 4.78 is 49.0. The van der Waals surface area contributed by atoms with Crippen molar-refractivity contribution in [3.8, 4) is 11.3 Å². The second kappa shape index (κ2) is 19.6. The molecule has 0 spiro atoms. The van der Waals surface area contributed by atoms with Gasteiger partial charge in [0, 0.05) is 65.9 Å². The van der Waals surface area contributed by atoms with Crippen LogP contribution in [0.25, 0.3) is 11.3 Å². The minimum atomic E-state index is -2.09. The molecular formula is C40H45F2IN8O8S. The van der Waals surface area contributed by atoms with Gasteiger partial charge in [0.05, 0.1) is 10.7 Å². The Labute approximate surface area is 365 Å². The van der Waals surface area contributed by atoms with Crippen LogP contribution < -0.4 is 39.2 Å². The van der Waals surface area contributed by atoms with Crippen molar-refractivity contribution in [2.24, 2.45) is 5.73 Å². The number of hydrogen-bond acceptors (Lipinski definition) is 12. The molecule has 3 amide bonds. The lowest BCUT2D eigenvalue weighted by atomic mass is 9.82. The summed E-state index contributed by atoms with van der Waals surface area (Å²) in [4.78, 5) is 60.8. The van der Waals surface area contributed by atoms with Gasteiger partial charge in [0.15, 0.2) is 0 Å². The van der Waals surface area contributed by atoms with Gasteiger partial charge in [-0.1, -0.05) is 25.1 Å². The minimum absolute atomic E-state index is 0. The van der Waals surface area contributed by atoms with Crippen molar-refractivity contribution < 1.29 is 75.8 Å². The Morgan fingerprint density at radius 2 is 1.73 bits per heavy atom. The number of likely N-dealkylation sites (N-methyl/N-ethyl adjacent to an activating group) is 1. The molecular weight excluding hydrogens is 917 g/mol. The lowest BCUT2D eigenvalue weighted by molar-refractivity contribution is -0.753. The van der Waals surface area contributed by atoms with Gasteiger partial charge in [-0.15, -0.1) is 16.0 Å². The summed E-state index contributed by atoms with van der Waals surface area (Å²) in [5.41, 5.74) is 4.12. The van der Waals surface area contributed by atoms with Gasteiger partial charge in [-0.3, -0.25) is 14.5 Å². The van der Waals surface area contributed by atoms with Gasteiger partial charge in [0.2, 0.25) is 18.5 Å². The van der Waals surface area contributed by atoms with Gasteiger partial charge in [0.1, 0.15) is 48.4 Å². The summed E-state index contributed by atoms with van der Waals surface area (Å²) in [7, 11) is 2.82. The first-order valence-corrected chi connectivity index (χ1v) is 19.1. The molecule has 3 aromatic heterocycles. The maximum atomic E-state index is 15.4. The minimum Gasteiger partial charge on any atom is -1.00 e. The fourth-order valence-electron chi connectivity index (χ4n) is 5.79. The Hall–Kier alpha value is -5.61. The Kier molecular flexibility index (Phi) is 15.4. The number of aliphatic hydroxyl groups is 1. The van der Waals surface area contributed by atoms with Crippen molar-refractivity contribution in [3.63, 3.8) is 0 Å². The molecule has 0 bridgehead atoms. The van der Waals surface area contributed by atoms with Crippen LogP contribution in [-0.2, 0) is 37.8 Å². The predicted octanol–water partition coefficient (Wildman–Crippen LogP) is 2.46. The number of rotatable bonds is 14. The molecule has 0 aliphatic heterocycles. The Morgan fingerprint density at radius 1 is 1.03 bits per heavy atom. The van der Waals surface area contributed by atoms with E-state index in [9.17, 15) is 28.7 Å². The van der Waals surface area contributed by atoms with Gasteiger partial charge in [-0.05, 0) is 57.2 Å². The fraction of sp³-hybridized carbons (Fsp3) is 0.350. The molecule has 0 saturated heterocycles. The maximum Gasteiger partial charge on any atom is 0.418 e. The molecule has 16 nitrogen and oxygen atoms in total. The largest absolute Gasteiger partial charge is 1.00 e. The first-order valence-electron chi connectivity index (χ1n) is 18.2. The van der Waals surface area contributed by atoms with Crippen LogP contribution >= 0.6 is 11.3 Å². The van der Waals surface area contributed by atoms with Crippen molar-refractivity contribution in [1.82, 2.24) is 24.6 Å². The normalized spacial score (nSPS) is 13.2. The SMILES string of the molecule is CC(OC(=O)N(C)c1ncccc1COC(=O)CN(C)C(=O)OC(C)(C)C)[n+]1cnn(CC(O)(c2cc(F)ccc2F)[C@@H](C)c2nc(-c3ccc(C(N)=O)cc3)cs2)c1.[I-]. The number of amides is 3. The number of pyridine rings is 1. The van der Waals surface area contributed by atoms with Crippen LogP contribution in [-0.4, -0.2) is 80.1 Å². The van der Waals surface area contributed by atoms with Crippen LogP contribution in [0.3, 0.4) is 0 Å². The Bertz CT molecular complexity index is 2320. The van der Waals surface area contributed by atoms with Crippen molar-refractivity contribution in [2.75, 3.05) is 25.5 Å². The van der Waals surface area contributed by atoms with Crippen LogP contribution in [0.15, 0.2) is 78.8 Å². The topological polar surface area (TPSA) is 196 Å². The van der Waals surface area contributed by atoms with E-state index >= 15 is 4.39 Å². The molecule has 0 aliphatic rings. The fourth-order valence-corrected chi connectivity index (χ4v) is 6.76. The number of ether oxygens (including phenoxy) is 3. The number of halogens is 3. The molecule has 320 valence electrons. The van der Waals surface area contributed by atoms with Crippen LogP contribution in [0.4, 0.5) is 24.2 Å². The van der Waals surface area contributed by atoms with E-state index < -0.39 is 59.0 Å². The number of nitrogens with zero attached hydrogens (tertiary/aromatic N) is 7. The molecule has 60 heavy (non-hydrogen) atoms. The average molecular weight is 963 g/mol. The Balaban J connectivity index is 0.00000794. The zero-order chi connectivity index (χ0) is 43.2. The summed E-state index contributed by atoms with van der Waals surface area (Å²) in [5, 5.41) is 18.8. The molecule has 2 unspecified atom stereocenters. The van der Waals surface area contributed by atoms with E-state index in [1.54, 1.807) is 76.4 Å². The van der Waals surface area contributed by atoms with E-state index in [2.05, 4.69) is 15.1 Å². The zero-order valence-electron chi connectivity index (χ0n) is 33.8. The molecule has 3 atom stereocenters. The molecule has 0 radical (unpaired) electrons. The Morgan fingerprint density at radius 3 is 2.40 bits per heavy atom.